The van der Waals surface area contributed by atoms with Gasteiger partial charge < -0.3 is 10.7 Å². The van der Waals surface area contributed by atoms with E-state index < -0.39 is 0 Å². The lowest BCUT2D eigenvalue weighted by Gasteiger charge is -2.09. The number of pyridine rings is 1. The first kappa shape index (κ1) is 13.9. The van der Waals surface area contributed by atoms with Crippen LogP contribution in [-0.4, -0.2) is 16.6 Å². The maximum atomic E-state index is 12.3. The Balaban J connectivity index is 2.24. The third kappa shape index (κ3) is 3.29. The molecule has 1 aromatic carbocycles. The van der Waals surface area contributed by atoms with Gasteiger partial charge in [-0.1, -0.05) is 31.5 Å². The molecule has 1 aromatic heterocycles. The van der Waals surface area contributed by atoms with Crippen molar-refractivity contribution in [1.82, 2.24) is 4.98 Å². The quantitative estimate of drug-likeness (QED) is 0.814. The van der Waals surface area contributed by atoms with Gasteiger partial charge in [-0.3, -0.25) is 9.78 Å². The van der Waals surface area contributed by atoms with Gasteiger partial charge in [0, 0.05) is 11.9 Å². The summed E-state index contributed by atoms with van der Waals surface area (Å²) in [5.74, 6) is -0.236. The third-order valence-electron chi connectivity index (χ3n) is 2.87. The Kier molecular flexibility index (Phi) is 4.60. The molecule has 2 rings (SSSR count). The predicted octanol–water partition coefficient (Wildman–Crippen LogP) is 3.50. The van der Waals surface area contributed by atoms with Crippen LogP contribution in [0.3, 0.4) is 0 Å². The molecule has 1 amide bonds. The molecular weight excluding hydrogens is 250 g/mol. The van der Waals surface area contributed by atoms with Crippen LogP contribution >= 0.6 is 0 Å². The summed E-state index contributed by atoms with van der Waals surface area (Å²) in [6.45, 7) is 2.00. The maximum Gasteiger partial charge on any atom is 0.257 e. The zero-order valence-corrected chi connectivity index (χ0v) is 11.4. The molecule has 0 radical (unpaired) electrons. The second kappa shape index (κ2) is 6.61. The minimum absolute atomic E-state index is 0.236. The van der Waals surface area contributed by atoms with Gasteiger partial charge in [0.15, 0.2) is 0 Å². The molecule has 4 nitrogen and oxygen atoms in total. The number of hydrogen-bond acceptors (Lipinski definition) is 3. The fourth-order valence-electron chi connectivity index (χ4n) is 1.92. The molecule has 0 fully saturated rings. The maximum absolute atomic E-state index is 12.3. The summed E-state index contributed by atoms with van der Waals surface area (Å²) in [6, 6.07) is 12.7. The van der Waals surface area contributed by atoms with E-state index in [9.17, 15) is 4.79 Å². The van der Waals surface area contributed by atoms with Gasteiger partial charge in [-0.15, -0.1) is 0 Å². The van der Waals surface area contributed by atoms with Gasteiger partial charge in [-0.2, -0.15) is 0 Å². The monoisotopic (exact) mass is 267 g/mol. The van der Waals surface area contributed by atoms with E-state index in [-0.39, 0.29) is 5.91 Å². The van der Waals surface area contributed by atoms with Crippen molar-refractivity contribution in [2.75, 3.05) is 5.32 Å². The fourth-order valence-corrected chi connectivity index (χ4v) is 1.92. The van der Waals surface area contributed by atoms with Gasteiger partial charge in [0.25, 0.3) is 5.91 Å². The topological polar surface area (TPSA) is 65.8 Å². The molecule has 20 heavy (non-hydrogen) atoms. The van der Waals surface area contributed by atoms with Crippen molar-refractivity contribution in [3.63, 3.8) is 0 Å². The Bertz CT molecular complexity index is 608. The molecule has 2 N–H and O–H groups in total. The summed E-state index contributed by atoms with van der Waals surface area (Å²) in [5, 5.41) is 10.8. The van der Waals surface area contributed by atoms with Crippen LogP contribution in [0.25, 0.3) is 0 Å². The number of benzene rings is 1. The van der Waals surface area contributed by atoms with Crippen LogP contribution in [-0.2, 0) is 0 Å². The molecule has 2 aromatic rings. The molecule has 102 valence electrons. The van der Waals surface area contributed by atoms with E-state index in [0.29, 0.717) is 23.4 Å². The standard InChI is InChI=1S/C16H17N3O/c1-2-7-14(17)15-13(10-6-11-18-15)16(20)19-12-8-4-3-5-9-12/h3-6,8-11,17H,2,7H2,1H3,(H,19,20). The molecule has 0 saturated carbocycles. The first-order valence-electron chi connectivity index (χ1n) is 6.61. The van der Waals surface area contributed by atoms with E-state index in [1.807, 2.05) is 37.3 Å². The van der Waals surface area contributed by atoms with Crippen LogP contribution in [0.4, 0.5) is 5.69 Å². The number of aromatic nitrogens is 1. The molecule has 4 heteroatoms. The SMILES string of the molecule is CCCC(=N)c1ncccc1C(=O)Nc1ccccc1. The van der Waals surface area contributed by atoms with E-state index in [4.69, 9.17) is 5.41 Å². The van der Waals surface area contributed by atoms with E-state index >= 15 is 0 Å². The number of carbonyl (C=O) groups excluding carboxylic acids is 1. The molecule has 0 atom stereocenters. The van der Waals surface area contributed by atoms with Crippen LogP contribution in [0.1, 0.15) is 35.8 Å². The second-order valence-electron chi connectivity index (χ2n) is 4.45. The second-order valence-corrected chi connectivity index (χ2v) is 4.45. The van der Waals surface area contributed by atoms with Crippen molar-refractivity contribution < 1.29 is 4.79 Å². The molecule has 0 spiro atoms. The van der Waals surface area contributed by atoms with Crippen LogP contribution < -0.4 is 5.32 Å². The van der Waals surface area contributed by atoms with Crippen LogP contribution in [0.15, 0.2) is 48.7 Å². The molecular formula is C16H17N3O. The molecule has 0 unspecified atom stereocenters. The third-order valence-corrected chi connectivity index (χ3v) is 2.87. The summed E-state index contributed by atoms with van der Waals surface area (Å²) in [6.07, 6.45) is 3.08. The first-order valence-corrected chi connectivity index (χ1v) is 6.61. The molecule has 0 bridgehead atoms. The van der Waals surface area contributed by atoms with Gasteiger partial charge >= 0.3 is 0 Å². The Hall–Kier alpha value is -2.49. The largest absolute Gasteiger partial charge is 0.322 e. The van der Waals surface area contributed by atoms with Crippen molar-refractivity contribution in [2.24, 2.45) is 0 Å². The van der Waals surface area contributed by atoms with Crippen molar-refractivity contribution in [1.29, 1.82) is 5.41 Å². The van der Waals surface area contributed by atoms with E-state index in [1.165, 1.54) is 0 Å². The lowest BCUT2D eigenvalue weighted by atomic mass is 10.1. The number of anilines is 1. The van der Waals surface area contributed by atoms with Crippen molar-refractivity contribution in [3.05, 3.63) is 59.9 Å². The highest BCUT2D eigenvalue weighted by molar-refractivity contribution is 6.12. The molecule has 0 aliphatic rings. The Labute approximate surface area is 118 Å². The average molecular weight is 267 g/mol. The lowest BCUT2D eigenvalue weighted by Crippen LogP contribution is -2.17. The predicted molar refractivity (Wildman–Crippen MR) is 80.4 cm³/mol. The summed E-state index contributed by atoms with van der Waals surface area (Å²) in [4.78, 5) is 16.5. The normalized spacial score (nSPS) is 10.1. The molecule has 0 saturated heterocycles. The van der Waals surface area contributed by atoms with Gasteiger partial charge in [-0.05, 0) is 30.7 Å². The number of rotatable bonds is 5. The zero-order valence-electron chi connectivity index (χ0n) is 11.4. The van der Waals surface area contributed by atoms with Crippen molar-refractivity contribution in [2.45, 2.75) is 19.8 Å². The highest BCUT2D eigenvalue weighted by Crippen LogP contribution is 2.13. The summed E-state index contributed by atoms with van der Waals surface area (Å²) < 4.78 is 0. The van der Waals surface area contributed by atoms with Gasteiger partial charge in [0.05, 0.1) is 17.0 Å². The highest BCUT2D eigenvalue weighted by atomic mass is 16.1. The lowest BCUT2D eigenvalue weighted by molar-refractivity contribution is 0.102. The number of carbonyl (C=O) groups is 1. The molecule has 1 heterocycles. The van der Waals surface area contributed by atoms with Crippen molar-refractivity contribution in [3.8, 4) is 0 Å². The Morgan fingerprint density at radius 2 is 1.95 bits per heavy atom. The van der Waals surface area contributed by atoms with Crippen LogP contribution in [0.2, 0.25) is 0 Å². The van der Waals surface area contributed by atoms with Crippen LogP contribution in [0.5, 0.6) is 0 Å². The minimum Gasteiger partial charge on any atom is -0.322 e. The number of nitrogens with one attached hydrogen (secondary N) is 2. The van der Waals surface area contributed by atoms with E-state index in [0.717, 1.165) is 12.1 Å². The Morgan fingerprint density at radius 3 is 2.65 bits per heavy atom. The number of hydrogen-bond donors (Lipinski definition) is 2. The van der Waals surface area contributed by atoms with Gasteiger partial charge in [0.1, 0.15) is 0 Å². The summed E-state index contributed by atoms with van der Waals surface area (Å²) in [5.41, 5.74) is 2.03. The number of amides is 1. The van der Waals surface area contributed by atoms with Crippen molar-refractivity contribution >= 4 is 17.3 Å². The van der Waals surface area contributed by atoms with Gasteiger partial charge in [-0.25, -0.2) is 0 Å². The average Bonchev–Trinajstić information content (AvgIpc) is 2.48. The fraction of sp³-hybridized carbons (Fsp3) is 0.188. The van der Waals surface area contributed by atoms with E-state index in [2.05, 4.69) is 10.3 Å². The number of nitrogens with zero attached hydrogens (tertiary/aromatic N) is 1. The van der Waals surface area contributed by atoms with Gasteiger partial charge in [0.2, 0.25) is 0 Å². The molecule has 0 aliphatic carbocycles. The zero-order chi connectivity index (χ0) is 14.4. The molecule has 0 aliphatic heterocycles. The van der Waals surface area contributed by atoms with E-state index in [1.54, 1.807) is 18.3 Å². The Morgan fingerprint density at radius 1 is 1.20 bits per heavy atom. The van der Waals surface area contributed by atoms with Crippen LogP contribution in [0, 0.1) is 5.41 Å². The first-order chi connectivity index (χ1) is 9.72. The highest BCUT2D eigenvalue weighted by Gasteiger charge is 2.15. The number of para-hydroxylation sites is 1. The smallest absolute Gasteiger partial charge is 0.257 e. The summed E-state index contributed by atoms with van der Waals surface area (Å²) in [7, 11) is 0. The minimum atomic E-state index is -0.236. The summed E-state index contributed by atoms with van der Waals surface area (Å²) >= 11 is 0.